The van der Waals surface area contributed by atoms with Gasteiger partial charge in [-0.25, -0.2) is 4.98 Å². The summed E-state index contributed by atoms with van der Waals surface area (Å²) in [6.45, 7) is 1.38. The number of nitrogens with one attached hydrogen (secondary N) is 1. The molecule has 1 aromatic rings. The first-order valence-electron chi connectivity index (χ1n) is 7.73. The molecule has 1 N–H and O–H groups in total. The van der Waals surface area contributed by atoms with Gasteiger partial charge in [-0.1, -0.05) is 48.9 Å². The maximum atomic E-state index is 11.8. The van der Waals surface area contributed by atoms with Crippen LogP contribution in [-0.2, 0) is 14.3 Å². The number of hydrogen-bond donors (Lipinski definition) is 1. The molecule has 2 rings (SSSR count). The Labute approximate surface area is 145 Å². The second kappa shape index (κ2) is 8.50. The average molecular weight is 359 g/mol. The van der Waals surface area contributed by atoms with E-state index in [1.165, 1.54) is 31.9 Å². The SMILES string of the molecule is Cc1c(Cl)cnc(NC(=O)COC(=O)CCC2CCCC2)c1Cl. The van der Waals surface area contributed by atoms with Crippen LogP contribution >= 0.6 is 23.2 Å². The lowest BCUT2D eigenvalue weighted by Gasteiger charge is -2.10. The van der Waals surface area contributed by atoms with Crippen molar-refractivity contribution in [3.05, 3.63) is 21.8 Å². The van der Waals surface area contributed by atoms with Gasteiger partial charge >= 0.3 is 5.97 Å². The smallest absolute Gasteiger partial charge is 0.306 e. The Morgan fingerprint density at radius 1 is 1.35 bits per heavy atom. The van der Waals surface area contributed by atoms with E-state index in [-0.39, 0.29) is 23.4 Å². The lowest BCUT2D eigenvalue weighted by atomic mass is 10.0. The number of rotatable bonds is 6. The number of carbonyl (C=O) groups excluding carboxylic acids is 2. The molecule has 1 fully saturated rings. The van der Waals surface area contributed by atoms with Gasteiger partial charge in [-0.2, -0.15) is 0 Å². The lowest BCUT2D eigenvalue weighted by molar-refractivity contribution is -0.147. The number of esters is 1. The van der Waals surface area contributed by atoms with Crippen molar-refractivity contribution in [2.45, 2.75) is 45.4 Å². The van der Waals surface area contributed by atoms with Gasteiger partial charge in [0.1, 0.15) is 0 Å². The van der Waals surface area contributed by atoms with Crippen LogP contribution in [0.4, 0.5) is 5.82 Å². The van der Waals surface area contributed by atoms with Crippen LogP contribution < -0.4 is 5.32 Å². The molecule has 7 heteroatoms. The quantitative estimate of drug-likeness (QED) is 0.775. The summed E-state index contributed by atoms with van der Waals surface area (Å²) in [7, 11) is 0. The predicted octanol–water partition coefficient (Wildman–Crippen LogP) is 4.15. The molecule has 0 bridgehead atoms. The summed E-state index contributed by atoms with van der Waals surface area (Å²) in [5, 5.41) is 3.21. The Balaban J connectivity index is 1.74. The van der Waals surface area contributed by atoms with E-state index in [4.69, 9.17) is 27.9 Å². The van der Waals surface area contributed by atoms with Gasteiger partial charge in [-0.3, -0.25) is 9.59 Å². The zero-order valence-corrected chi connectivity index (χ0v) is 14.5. The number of halogens is 2. The van der Waals surface area contributed by atoms with Crippen molar-refractivity contribution in [2.75, 3.05) is 11.9 Å². The fourth-order valence-electron chi connectivity index (χ4n) is 2.65. The molecule has 0 unspecified atom stereocenters. The second-order valence-electron chi connectivity index (χ2n) is 5.79. The normalized spacial score (nSPS) is 14.7. The third kappa shape index (κ3) is 5.36. The molecule has 1 aliphatic carbocycles. The Morgan fingerprint density at radius 3 is 2.74 bits per heavy atom. The summed E-state index contributed by atoms with van der Waals surface area (Å²) in [4.78, 5) is 27.4. The summed E-state index contributed by atoms with van der Waals surface area (Å²) < 4.78 is 4.98. The molecule has 1 aromatic heterocycles. The number of carbonyl (C=O) groups is 2. The van der Waals surface area contributed by atoms with Crippen molar-refractivity contribution in [1.82, 2.24) is 4.98 Å². The molecule has 1 aliphatic rings. The van der Waals surface area contributed by atoms with Crippen LogP contribution in [0.25, 0.3) is 0 Å². The van der Waals surface area contributed by atoms with E-state index in [0.717, 1.165) is 6.42 Å². The molecule has 0 aromatic carbocycles. The van der Waals surface area contributed by atoms with Crippen LogP contribution in [0.2, 0.25) is 10.0 Å². The molecule has 0 radical (unpaired) electrons. The molecule has 1 amide bonds. The second-order valence-corrected chi connectivity index (χ2v) is 6.58. The van der Waals surface area contributed by atoms with Crippen LogP contribution in [0.3, 0.4) is 0 Å². The topological polar surface area (TPSA) is 68.3 Å². The minimum absolute atomic E-state index is 0.209. The summed E-state index contributed by atoms with van der Waals surface area (Å²) in [5.41, 5.74) is 0.632. The van der Waals surface area contributed by atoms with Crippen LogP contribution in [0.5, 0.6) is 0 Å². The summed E-state index contributed by atoms with van der Waals surface area (Å²) >= 11 is 11.9. The zero-order chi connectivity index (χ0) is 16.8. The number of amides is 1. The zero-order valence-electron chi connectivity index (χ0n) is 13.0. The first-order valence-corrected chi connectivity index (χ1v) is 8.49. The first kappa shape index (κ1) is 18.0. The van der Waals surface area contributed by atoms with Gasteiger partial charge in [0.25, 0.3) is 5.91 Å². The molecule has 0 atom stereocenters. The summed E-state index contributed by atoms with van der Waals surface area (Å²) in [5.74, 6) is 0.00530. The molecule has 0 saturated heterocycles. The van der Waals surface area contributed by atoms with Crippen LogP contribution in [0.15, 0.2) is 6.20 Å². The largest absolute Gasteiger partial charge is 0.456 e. The average Bonchev–Trinajstić information content (AvgIpc) is 3.05. The molecular formula is C16H20Cl2N2O3. The maximum absolute atomic E-state index is 11.8. The number of ether oxygens (including phenoxy) is 1. The molecule has 5 nitrogen and oxygen atoms in total. The Hall–Kier alpha value is -1.33. The van der Waals surface area contributed by atoms with Gasteiger partial charge in [-0.15, -0.1) is 0 Å². The van der Waals surface area contributed by atoms with Crippen molar-refractivity contribution in [3.63, 3.8) is 0 Å². The first-order chi connectivity index (χ1) is 11.0. The molecule has 1 saturated carbocycles. The van der Waals surface area contributed by atoms with E-state index < -0.39 is 5.91 Å². The monoisotopic (exact) mass is 358 g/mol. The van der Waals surface area contributed by atoms with Crippen LogP contribution in [-0.4, -0.2) is 23.5 Å². The number of nitrogens with zero attached hydrogens (tertiary/aromatic N) is 1. The Kier molecular flexibility index (Phi) is 6.66. The van der Waals surface area contributed by atoms with E-state index >= 15 is 0 Å². The van der Waals surface area contributed by atoms with Crippen molar-refractivity contribution >= 4 is 40.9 Å². The summed E-state index contributed by atoms with van der Waals surface area (Å²) in [6.07, 6.45) is 7.47. The molecular weight excluding hydrogens is 339 g/mol. The minimum Gasteiger partial charge on any atom is -0.456 e. The van der Waals surface area contributed by atoms with Crippen molar-refractivity contribution in [3.8, 4) is 0 Å². The van der Waals surface area contributed by atoms with Gasteiger partial charge in [0.2, 0.25) is 0 Å². The van der Waals surface area contributed by atoms with Gasteiger partial charge < -0.3 is 10.1 Å². The molecule has 1 heterocycles. The lowest BCUT2D eigenvalue weighted by Crippen LogP contribution is -2.22. The third-order valence-corrected chi connectivity index (χ3v) is 4.90. The van der Waals surface area contributed by atoms with Crippen molar-refractivity contribution < 1.29 is 14.3 Å². The standard InChI is InChI=1S/C16H20Cl2N2O3/c1-10-12(17)8-19-16(15(10)18)20-13(21)9-23-14(22)7-6-11-4-2-3-5-11/h8,11H,2-7,9H2,1H3,(H,19,20,21). The van der Waals surface area contributed by atoms with Crippen LogP contribution in [0.1, 0.15) is 44.1 Å². The van der Waals surface area contributed by atoms with Crippen molar-refractivity contribution in [2.24, 2.45) is 5.92 Å². The predicted molar refractivity (Wildman–Crippen MR) is 89.8 cm³/mol. The highest BCUT2D eigenvalue weighted by molar-refractivity contribution is 6.37. The third-order valence-electron chi connectivity index (χ3n) is 4.06. The highest BCUT2D eigenvalue weighted by atomic mass is 35.5. The Bertz CT molecular complexity index is 587. The van der Waals surface area contributed by atoms with Gasteiger partial charge in [0.05, 0.1) is 10.0 Å². The van der Waals surface area contributed by atoms with Gasteiger partial charge in [0, 0.05) is 12.6 Å². The van der Waals surface area contributed by atoms with E-state index in [9.17, 15) is 9.59 Å². The molecule has 126 valence electrons. The van der Waals surface area contributed by atoms with Gasteiger partial charge in [-0.05, 0) is 24.8 Å². The number of hydrogen-bond acceptors (Lipinski definition) is 4. The fourth-order valence-corrected chi connectivity index (χ4v) is 3.04. The maximum Gasteiger partial charge on any atom is 0.306 e. The van der Waals surface area contributed by atoms with Gasteiger partial charge in [0.15, 0.2) is 12.4 Å². The van der Waals surface area contributed by atoms with E-state index in [1.54, 1.807) is 6.92 Å². The minimum atomic E-state index is -0.477. The molecule has 23 heavy (non-hydrogen) atoms. The number of anilines is 1. The van der Waals surface area contributed by atoms with E-state index in [0.29, 0.717) is 22.9 Å². The number of aromatic nitrogens is 1. The van der Waals surface area contributed by atoms with Crippen LogP contribution in [0, 0.1) is 12.8 Å². The van der Waals surface area contributed by atoms with E-state index in [1.807, 2.05) is 0 Å². The molecule has 0 aliphatic heterocycles. The Morgan fingerprint density at radius 2 is 2.04 bits per heavy atom. The highest BCUT2D eigenvalue weighted by Gasteiger charge is 2.17. The van der Waals surface area contributed by atoms with Crippen molar-refractivity contribution in [1.29, 1.82) is 0 Å². The highest BCUT2D eigenvalue weighted by Crippen LogP contribution is 2.29. The number of pyridine rings is 1. The summed E-state index contributed by atoms with van der Waals surface area (Å²) in [6, 6.07) is 0. The fraction of sp³-hybridized carbons (Fsp3) is 0.562. The van der Waals surface area contributed by atoms with E-state index in [2.05, 4.69) is 10.3 Å². The molecule has 0 spiro atoms.